The van der Waals surface area contributed by atoms with Gasteiger partial charge in [-0.05, 0) is 5.56 Å². The zero-order valence-corrected chi connectivity index (χ0v) is 8.78. The Hall–Kier alpha value is -1.73. The van der Waals surface area contributed by atoms with Crippen LogP contribution in [0.3, 0.4) is 0 Å². The zero-order chi connectivity index (χ0) is 10.7. The SMILES string of the molecule is N#CC1=NC=C(c2ccccc2)NC1S. The molecule has 1 aromatic rings. The molecular weight excluding hydrogens is 206 g/mol. The van der Waals surface area contributed by atoms with Crippen molar-refractivity contribution in [1.29, 1.82) is 5.26 Å². The van der Waals surface area contributed by atoms with E-state index in [-0.39, 0.29) is 5.37 Å². The molecule has 74 valence electrons. The van der Waals surface area contributed by atoms with E-state index >= 15 is 0 Å². The van der Waals surface area contributed by atoms with Crippen LogP contribution < -0.4 is 5.32 Å². The van der Waals surface area contributed by atoms with Crippen LogP contribution in [0.5, 0.6) is 0 Å². The molecule has 0 amide bonds. The quantitative estimate of drug-likeness (QED) is 0.702. The van der Waals surface area contributed by atoms with Gasteiger partial charge in [-0.2, -0.15) is 5.26 Å². The number of hydrogen-bond acceptors (Lipinski definition) is 4. The Kier molecular flexibility index (Phi) is 2.75. The molecule has 0 saturated carbocycles. The maximum Gasteiger partial charge on any atom is 0.150 e. The Balaban J connectivity index is 2.32. The van der Waals surface area contributed by atoms with E-state index in [9.17, 15) is 0 Å². The van der Waals surface area contributed by atoms with E-state index < -0.39 is 0 Å². The number of nitrogens with zero attached hydrogens (tertiary/aromatic N) is 2. The second-order valence-corrected chi connectivity index (χ2v) is 3.60. The van der Waals surface area contributed by atoms with Crippen LogP contribution >= 0.6 is 12.6 Å². The third-order valence-electron chi connectivity index (χ3n) is 2.08. The van der Waals surface area contributed by atoms with Gasteiger partial charge in [0.25, 0.3) is 0 Å². The minimum Gasteiger partial charge on any atom is -0.366 e. The molecular formula is C11H9N3S. The summed E-state index contributed by atoms with van der Waals surface area (Å²) >= 11 is 4.24. The molecule has 1 aliphatic rings. The Labute approximate surface area is 93.6 Å². The van der Waals surface area contributed by atoms with Gasteiger partial charge in [0.15, 0.2) is 0 Å². The first-order chi connectivity index (χ1) is 7.31. The normalized spacial score (nSPS) is 19.6. The molecule has 4 heteroatoms. The fourth-order valence-electron chi connectivity index (χ4n) is 1.32. The second kappa shape index (κ2) is 4.20. The van der Waals surface area contributed by atoms with E-state index in [1.807, 2.05) is 36.4 Å². The van der Waals surface area contributed by atoms with Crippen molar-refractivity contribution in [2.24, 2.45) is 4.99 Å². The summed E-state index contributed by atoms with van der Waals surface area (Å²) in [4.78, 5) is 4.04. The third kappa shape index (κ3) is 2.03. The van der Waals surface area contributed by atoms with Crippen molar-refractivity contribution in [3.05, 3.63) is 42.1 Å². The highest BCUT2D eigenvalue weighted by atomic mass is 32.1. The van der Waals surface area contributed by atoms with Crippen molar-refractivity contribution in [2.45, 2.75) is 5.37 Å². The van der Waals surface area contributed by atoms with E-state index in [0.717, 1.165) is 11.3 Å². The minimum absolute atomic E-state index is 0.324. The van der Waals surface area contributed by atoms with Crippen LogP contribution in [0.2, 0.25) is 0 Å². The molecule has 0 fully saturated rings. The van der Waals surface area contributed by atoms with Crippen molar-refractivity contribution in [3.8, 4) is 6.07 Å². The van der Waals surface area contributed by atoms with Crippen LogP contribution in [0.1, 0.15) is 5.56 Å². The summed E-state index contributed by atoms with van der Waals surface area (Å²) in [6, 6.07) is 11.8. The molecule has 1 N–H and O–H groups in total. The number of nitriles is 1. The van der Waals surface area contributed by atoms with E-state index in [1.165, 1.54) is 0 Å². The van der Waals surface area contributed by atoms with E-state index in [1.54, 1.807) is 6.20 Å². The number of nitrogens with one attached hydrogen (secondary N) is 1. The molecule has 0 radical (unpaired) electrons. The number of aliphatic imine (C=N–C) groups is 1. The Morgan fingerprint density at radius 1 is 1.33 bits per heavy atom. The topological polar surface area (TPSA) is 48.2 Å². The third-order valence-corrected chi connectivity index (χ3v) is 2.46. The van der Waals surface area contributed by atoms with Gasteiger partial charge in [-0.15, -0.1) is 12.6 Å². The molecule has 1 aromatic carbocycles. The molecule has 0 aliphatic carbocycles. The lowest BCUT2D eigenvalue weighted by molar-refractivity contribution is 0.969. The summed E-state index contributed by atoms with van der Waals surface area (Å²) < 4.78 is 0. The van der Waals surface area contributed by atoms with Crippen LogP contribution in [0.25, 0.3) is 5.70 Å². The molecule has 15 heavy (non-hydrogen) atoms. The number of rotatable bonds is 1. The predicted molar refractivity (Wildman–Crippen MR) is 63.4 cm³/mol. The molecule has 1 aliphatic heterocycles. The fraction of sp³-hybridized carbons (Fsp3) is 0.0909. The number of benzene rings is 1. The maximum absolute atomic E-state index is 8.72. The second-order valence-electron chi connectivity index (χ2n) is 3.08. The molecule has 1 heterocycles. The van der Waals surface area contributed by atoms with E-state index in [0.29, 0.717) is 5.71 Å². The summed E-state index contributed by atoms with van der Waals surface area (Å²) in [5, 5.41) is 11.5. The summed E-state index contributed by atoms with van der Waals surface area (Å²) in [5.74, 6) is 0. The summed E-state index contributed by atoms with van der Waals surface area (Å²) in [6.45, 7) is 0. The van der Waals surface area contributed by atoms with Crippen molar-refractivity contribution >= 4 is 24.0 Å². The van der Waals surface area contributed by atoms with Gasteiger partial charge in [0, 0.05) is 0 Å². The van der Waals surface area contributed by atoms with Crippen LogP contribution in [-0.2, 0) is 0 Å². The van der Waals surface area contributed by atoms with Gasteiger partial charge in [0.05, 0.1) is 11.9 Å². The fourth-order valence-corrected chi connectivity index (χ4v) is 1.59. The Morgan fingerprint density at radius 3 is 2.67 bits per heavy atom. The smallest absolute Gasteiger partial charge is 0.150 e. The largest absolute Gasteiger partial charge is 0.366 e. The van der Waals surface area contributed by atoms with Gasteiger partial charge in [-0.1, -0.05) is 30.3 Å². The molecule has 0 aromatic heterocycles. The Bertz CT molecular complexity index is 456. The first-order valence-corrected chi connectivity index (χ1v) is 5.01. The summed E-state index contributed by atoms with van der Waals surface area (Å²) in [6.07, 6.45) is 1.65. The molecule has 0 spiro atoms. The first-order valence-electron chi connectivity index (χ1n) is 4.49. The Morgan fingerprint density at radius 2 is 2.07 bits per heavy atom. The minimum atomic E-state index is -0.324. The van der Waals surface area contributed by atoms with Gasteiger partial charge in [-0.25, -0.2) is 4.99 Å². The van der Waals surface area contributed by atoms with Crippen LogP contribution in [-0.4, -0.2) is 11.1 Å². The van der Waals surface area contributed by atoms with Crippen molar-refractivity contribution in [2.75, 3.05) is 0 Å². The van der Waals surface area contributed by atoms with E-state index in [4.69, 9.17) is 5.26 Å². The molecule has 2 rings (SSSR count). The lowest BCUT2D eigenvalue weighted by Crippen LogP contribution is -2.32. The summed E-state index contributed by atoms with van der Waals surface area (Å²) in [5.41, 5.74) is 2.31. The van der Waals surface area contributed by atoms with Crippen molar-refractivity contribution in [3.63, 3.8) is 0 Å². The number of thiol groups is 1. The summed E-state index contributed by atoms with van der Waals surface area (Å²) in [7, 11) is 0. The first kappa shape index (κ1) is 9.81. The van der Waals surface area contributed by atoms with Gasteiger partial charge >= 0.3 is 0 Å². The maximum atomic E-state index is 8.72. The molecule has 3 nitrogen and oxygen atoms in total. The average Bonchev–Trinajstić information content (AvgIpc) is 2.30. The zero-order valence-electron chi connectivity index (χ0n) is 7.88. The van der Waals surface area contributed by atoms with Gasteiger partial charge in [0.1, 0.15) is 17.2 Å². The van der Waals surface area contributed by atoms with Gasteiger partial charge in [0.2, 0.25) is 0 Å². The molecule has 1 atom stereocenters. The molecule has 1 unspecified atom stereocenters. The lowest BCUT2D eigenvalue weighted by Gasteiger charge is -2.19. The highest BCUT2D eigenvalue weighted by Crippen LogP contribution is 2.16. The van der Waals surface area contributed by atoms with Gasteiger partial charge in [-0.3, -0.25) is 0 Å². The van der Waals surface area contributed by atoms with Crippen molar-refractivity contribution < 1.29 is 0 Å². The monoisotopic (exact) mass is 215 g/mol. The predicted octanol–water partition coefficient (Wildman–Crippen LogP) is 1.81. The standard InChI is InChI=1S/C11H9N3S/c12-6-9-11(15)14-10(7-13-9)8-4-2-1-3-5-8/h1-5,7,11,14-15H. The molecule has 0 saturated heterocycles. The highest BCUT2D eigenvalue weighted by molar-refractivity contribution is 7.81. The van der Waals surface area contributed by atoms with Crippen LogP contribution in [0, 0.1) is 11.3 Å². The van der Waals surface area contributed by atoms with E-state index in [2.05, 4.69) is 22.9 Å². The average molecular weight is 215 g/mol. The number of hydrogen-bond donors (Lipinski definition) is 2. The van der Waals surface area contributed by atoms with Crippen LogP contribution in [0.4, 0.5) is 0 Å². The molecule has 0 bridgehead atoms. The highest BCUT2D eigenvalue weighted by Gasteiger charge is 2.16. The lowest BCUT2D eigenvalue weighted by atomic mass is 10.1. The van der Waals surface area contributed by atoms with Gasteiger partial charge < -0.3 is 5.32 Å². The van der Waals surface area contributed by atoms with Crippen LogP contribution in [0.15, 0.2) is 41.5 Å². The van der Waals surface area contributed by atoms with Crippen molar-refractivity contribution in [1.82, 2.24) is 5.32 Å².